The Labute approximate surface area is 97.7 Å². The Morgan fingerprint density at radius 2 is 2.06 bits per heavy atom. The molecule has 2 heteroatoms. The van der Waals surface area contributed by atoms with Crippen LogP contribution in [-0.4, -0.2) is 17.5 Å². The minimum Gasteiger partial charge on any atom is -0.363 e. The van der Waals surface area contributed by atoms with E-state index in [1.165, 1.54) is 12.8 Å². The summed E-state index contributed by atoms with van der Waals surface area (Å²) < 4.78 is 6.25. The van der Waals surface area contributed by atoms with E-state index in [2.05, 4.69) is 20.8 Å². The van der Waals surface area contributed by atoms with Crippen LogP contribution in [0.5, 0.6) is 0 Å². The zero-order valence-corrected chi connectivity index (χ0v) is 10.6. The fourth-order valence-corrected chi connectivity index (χ4v) is 4.64. The summed E-state index contributed by atoms with van der Waals surface area (Å²) in [6.45, 7) is 6.89. The molecule has 2 nitrogen and oxygen atoms in total. The van der Waals surface area contributed by atoms with Gasteiger partial charge in [-0.15, -0.1) is 0 Å². The summed E-state index contributed by atoms with van der Waals surface area (Å²) in [5, 5.41) is 0. The highest BCUT2D eigenvalue weighted by Crippen LogP contribution is 2.63. The van der Waals surface area contributed by atoms with Gasteiger partial charge in [-0.3, -0.25) is 4.79 Å². The lowest BCUT2D eigenvalue weighted by atomic mass is 9.66. The first kappa shape index (κ1) is 10.8. The standard InChI is InChI=1S/C14H22O2/c1-9(2)10-4-6-13(3)8-11(15)12-5-7-14(10,13)16-12/h9-10,12H,4-8H2,1-3H3/t10-,12+,13-,14+/m1/s1. The van der Waals surface area contributed by atoms with Crippen LogP contribution in [0.25, 0.3) is 0 Å². The van der Waals surface area contributed by atoms with Crippen LogP contribution in [0, 0.1) is 17.3 Å². The lowest BCUT2D eigenvalue weighted by Crippen LogP contribution is -2.53. The topological polar surface area (TPSA) is 26.3 Å². The van der Waals surface area contributed by atoms with Crippen molar-refractivity contribution in [3.05, 3.63) is 0 Å². The van der Waals surface area contributed by atoms with E-state index in [4.69, 9.17) is 4.74 Å². The molecule has 0 radical (unpaired) electrons. The second-order valence-corrected chi connectivity index (χ2v) is 6.63. The second kappa shape index (κ2) is 3.10. The number of hydrogen-bond donors (Lipinski definition) is 0. The van der Waals surface area contributed by atoms with E-state index in [1.807, 2.05) is 0 Å². The maximum atomic E-state index is 11.9. The van der Waals surface area contributed by atoms with Crippen LogP contribution in [0.4, 0.5) is 0 Å². The van der Waals surface area contributed by atoms with Crippen molar-refractivity contribution in [1.82, 2.24) is 0 Å². The van der Waals surface area contributed by atoms with E-state index in [0.717, 1.165) is 19.3 Å². The predicted octanol–water partition coefficient (Wildman–Crippen LogP) is 2.95. The van der Waals surface area contributed by atoms with Gasteiger partial charge in [0.25, 0.3) is 0 Å². The van der Waals surface area contributed by atoms with Crippen LogP contribution in [0.3, 0.4) is 0 Å². The maximum Gasteiger partial charge on any atom is 0.162 e. The Kier molecular flexibility index (Phi) is 2.08. The number of ether oxygens (including phenoxy) is 1. The Bertz CT molecular complexity index is 336. The molecule has 2 bridgehead atoms. The Balaban J connectivity index is 2.02. The number of Topliss-reactive ketones (excluding diaryl/α,β-unsaturated/α-hetero) is 1. The highest BCUT2D eigenvalue weighted by Gasteiger charge is 2.66. The van der Waals surface area contributed by atoms with Crippen LogP contribution in [0.1, 0.15) is 52.9 Å². The minimum absolute atomic E-state index is 0.0414. The summed E-state index contributed by atoms with van der Waals surface area (Å²) in [6.07, 6.45) is 5.21. The van der Waals surface area contributed by atoms with Gasteiger partial charge in [-0.1, -0.05) is 20.8 Å². The third kappa shape index (κ3) is 1.09. The molecule has 1 aliphatic carbocycles. The van der Waals surface area contributed by atoms with E-state index >= 15 is 0 Å². The average molecular weight is 222 g/mol. The summed E-state index contributed by atoms with van der Waals surface area (Å²) in [7, 11) is 0. The predicted molar refractivity (Wildman–Crippen MR) is 62.1 cm³/mol. The van der Waals surface area contributed by atoms with Gasteiger partial charge in [-0.05, 0) is 37.5 Å². The molecule has 2 aliphatic heterocycles. The molecular formula is C14H22O2. The van der Waals surface area contributed by atoms with Crippen LogP contribution in [-0.2, 0) is 9.53 Å². The molecule has 3 rings (SSSR count). The summed E-state index contributed by atoms with van der Waals surface area (Å²) in [4.78, 5) is 11.9. The molecule has 2 saturated heterocycles. The van der Waals surface area contributed by atoms with Crippen molar-refractivity contribution >= 4 is 5.78 Å². The highest BCUT2D eigenvalue weighted by atomic mass is 16.5. The number of carbonyl (C=O) groups is 1. The van der Waals surface area contributed by atoms with Crippen molar-refractivity contribution in [3.8, 4) is 0 Å². The molecule has 3 aliphatic rings. The second-order valence-electron chi connectivity index (χ2n) is 6.63. The number of fused-ring (bicyclic) bond motifs is 1. The monoisotopic (exact) mass is 222 g/mol. The lowest BCUT2D eigenvalue weighted by molar-refractivity contribution is -0.180. The van der Waals surface area contributed by atoms with E-state index in [9.17, 15) is 4.79 Å². The first-order chi connectivity index (χ1) is 7.48. The molecular weight excluding hydrogens is 200 g/mol. The van der Waals surface area contributed by atoms with Gasteiger partial charge in [0.05, 0.1) is 5.60 Å². The SMILES string of the molecule is CC(C)[C@H]1CC[C@]2(C)CC(=O)[C@@H]3CC[C@]12O3. The molecule has 16 heavy (non-hydrogen) atoms. The van der Waals surface area contributed by atoms with Crippen LogP contribution in [0.2, 0.25) is 0 Å². The van der Waals surface area contributed by atoms with Crippen molar-refractivity contribution in [2.45, 2.75) is 64.6 Å². The normalized spacial score (nSPS) is 51.1. The Morgan fingerprint density at radius 1 is 1.31 bits per heavy atom. The molecule has 0 N–H and O–H groups in total. The third-order valence-corrected chi connectivity index (χ3v) is 5.49. The molecule has 0 aromatic heterocycles. The maximum absolute atomic E-state index is 11.9. The first-order valence-electron chi connectivity index (χ1n) is 6.69. The van der Waals surface area contributed by atoms with E-state index < -0.39 is 0 Å². The van der Waals surface area contributed by atoms with Crippen LogP contribution >= 0.6 is 0 Å². The molecule has 4 atom stereocenters. The highest BCUT2D eigenvalue weighted by molar-refractivity contribution is 5.85. The number of rotatable bonds is 1. The quantitative estimate of drug-likeness (QED) is 0.682. The summed E-state index contributed by atoms with van der Waals surface area (Å²) in [5.74, 6) is 1.70. The molecule has 1 spiro atoms. The molecule has 90 valence electrons. The van der Waals surface area contributed by atoms with Gasteiger partial charge in [-0.25, -0.2) is 0 Å². The van der Waals surface area contributed by atoms with Gasteiger partial charge >= 0.3 is 0 Å². The van der Waals surface area contributed by atoms with Crippen LogP contribution in [0.15, 0.2) is 0 Å². The summed E-state index contributed by atoms with van der Waals surface area (Å²) >= 11 is 0. The van der Waals surface area contributed by atoms with Crippen molar-refractivity contribution in [1.29, 1.82) is 0 Å². The number of ketones is 1. The van der Waals surface area contributed by atoms with Gasteiger partial charge < -0.3 is 4.74 Å². The molecule has 0 unspecified atom stereocenters. The molecule has 2 heterocycles. The summed E-state index contributed by atoms with van der Waals surface area (Å²) in [6, 6.07) is 0. The molecule has 0 aromatic carbocycles. The van der Waals surface area contributed by atoms with Crippen molar-refractivity contribution < 1.29 is 9.53 Å². The van der Waals surface area contributed by atoms with Crippen molar-refractivity contribution in [2.24, 2.45) is 17.3 Å². The van der Waals surface area contributed by atoms with Gasteiger partial charge in [0.15, 0.2) is 5.78 Å². The smallest absolute Gasteiger partial charge is 0.162 e. The minimum atomic E-state index is -0.0626. The Morgan fingerprint density at radius 3 is 2.75 bits per heavy atom. The zero-order valence-electron chi connectivity index (χ0n) is 10.6. The van der Waals surface area contributed by atoms with E-state index in [1.54, 1.807) is 0 Å². The van der Waals surface area contributed by atoms with Crippen molar-refractivity contribution in [2.75, 3.05) is 0 Å². The number of hydrogen-bond acceptors (Lipinski definition) is 2. The van der Waals surface area contributed by atoms with E-state index in [0.29, 0.717) is 17.6 Å². The van der Waals surface area contributed by atoms with Gasteiger partial charge in [-0.2, -0.15) is 0 Å². The number of carbonyl (C=O) groups excluding carboxylic acids is 1. The zero-order chi connectivity index (χ0) is 11.6. The largest absolute Gasteiger partial charge is 0.363 e. The molecule has 1 saturated carbocycles. The molecule has 0 aromatic rings. The third-order valence-electron chi connectivity index (χ3n) is 5.49. The lowest BCUT2D eigenvalue weighted by Gasteiger charge is -2.47. The molecule has 3 fully saturated rings. The Hall–Kier alpha value is -0.370. The van der Waals surface area contributed by atoms with Gasteiger partial charge in [0, 0.05) is 11.8 Å². The average Bonchev–Trinajstić information content (AvgIpc) is 2.71. The fourth-order valence-electron chi connectivity index (χ4n) is 4.64. The summed E-state index contributed by atoms with van der Waals surface area (Å²) in [5.41, 5.74) is 0.172. The molecule has 0 amide bonds. The van der Waals surface area contributed by atoms with E-state index in [-0.39, 0.29) is 17.1 Å². The van der Waals surface area contributed by atoms with Crippen LogP contribution < -0.4 is 0 Å². The first-order valence-corrected chi connectivity index (χ1v) is 6.69. The van der Waals surface area contributed by atoms with Gasteiger partial charge in [0.1, 0.15) is 6.10 Å². The fraction of sp³-hybridized carbons (Fsp3) is 0.929. The van der Waals surface area contributed by atoms with Gasteiger partial charge in [0.2, 0.25) is 0 Å². The van der Waals surface area contributed by atoms with Crippen molar-refractivity contribution in [3.63, 3.8) is 0 Å².